The molecular weight excluding hydrogens is 252 g/mol. The first-order chi connectivity index (χ1) is 3.72. The molecule has 0 amide bonds. The maximum Gasteiger partial charge on any atom is 0.0894 e. The predicted octanol–water partition coefficient (Wildman–Crippen LogP) is -0.435. The van der Waals surface area contributed by atoms with Crippen LogP contribution >= 0.6 is 25.3 Å². The summed E-state index contributed by atoms with van der Waals surface area (Å²) >= 11 is 7.53. The molecule has 0 heterocycles. The van der Waals surface area contributed by atoms with Crippen molar-refractivity contribution in [2.75, 3.05) is 11.5 Å². The molecular formula is C4H10AgO2S2. The molecule has 9 heavy (non-hydrogen) atoms. The molecule has 0 aromatic heterocycles. The second-order valence-corrected chi connectivity index (χ2v) is 2.23. The van der Waals surface area contributed by atoms with Crippen molar-refractivity contribution in [1.82, 2.24) is 0 Å². The van der Waals surface area contributed by atoms with Crippen LogP contribution in [0.5, 0.6) is 0 Å². The Morgan fingerprint density at radius 2 is 1.22 bits per heavy atom. The first kappa shape index (κ1) is 13.0. The van der Waals surface area contributed by atoms with Crippen LogP contribution in [0.25, 0.3) is 0 Å². The Bertz CT molecular complexity index is 56.5. The minimum absolute atomic E-state index is 0. The monoisotopic (exact) mass is 261 g/mol. The zero-order valence-electron chi connectivity index (χ0n) is 4.66. The molecule has 0 saturated carbocycles. The SMILES string of the molecule is O[C@H](CS)[C@H](O)CS.[Ag]. The van der Waals surface area contributed by atoms with Gasteiger partial charge in [0.2, 0.25) is 0 Å². The van der Waals surface area contributed by atoms with Crippen LogP contribution in [0, 0.1) is 0 Å². The van der Waals surface area contributed by atoms with Crippen molar-refractivity contribution in [3.8, 4) is 0 Å². The van der Waals surface area contributed by atoms with E-state index in [0.717, 1.165) is 0 Å². The van der Waals surface area contributed by atoms with Crippen LogP contribution in [0.4, 0.5) is 0 Å². The average molecular weight is 262 g/mol. The van der Waals surface area contributed by atoms with Gasteiger partial charge in [0.25, 0.3) is 0 Å². The molecule has 0 aromatic carbocycles. The van der Waals surface area contributed by atoms with Crippen molar-refractivity contribution >= 4 is 25.3 Å². The predicted molar refractivity (Wildman–Crippen MR) is 39.7 cm³/mol. The Hall–Kier alpha value is 1.36. The second-order valence-electron chi connectivity index (χ2n) is 1.50. The van der Waals surface area contributed by atoms with Gasteiger partial charge in [-0.15, -0.1) is 0 Å². The van der Waals surface area contributed by atoms with E-state index in [1.54, 1.807) is 0 Å². The topological polar surface area (TPSA) is 40.5 Å². The number of aliphatic hydroxyl groups is 2. The van der Waals surface area contributed by atoms with Gasteiger partial charge in [-0.3, -0.25) is 0 Å². The summed E-state index contributed by atoms with van der Waals surface area (Å²) in [6, 6.07) is 0. The average Bonchev–Trinajstić information content (AvgIpc) is 1.84. The van der Waals surface area contributed by atoms with Crippen LogP contribution in [0.3, 0.4) is 0 Å². The zero-order chi connectivity index (χ0) is 6.57. The van der Waals surface area contributed by atoms with E-state index >= 15 is 0 Å². The van der Waals surface area contributed by atoms with Crippen LogP contribution in [-0.4, -0.2) is 33.9 Å². The van der Waals surface area contributed by atoms with E-state index in [1.165, 1.54) is 0 Å². The molecule has 2 nitrogen and oxygen atoms in total. The minimum atomic E-state index is -0.740. The van der Waals surface area contributed by atoms with E-state index in [1.807, 2.05) is 0 Å². The Morgan fingerprint density at radius 1 is 1.00 bits per heavy atom. The fourth-order valence-corrected chi connectivity index (χ4v) is 0.730. The van der Waals surface area contributed by atoms with E-state index in [-0.39, 0.29) is 33.9 Å². The van der Waals surface area contributed by atoms with Crippen LogP contribution in [-0.2, 0) is 22.4 Å². The van der Waals surface area contributed by atoms with E-state index in [0.29, 0.717) is 0 Å². The molecule has 2 N–H and O–H groups in total. The third kappa shape index (κ3) is 5.79. The van der Waals surface area contributed by atoms with Crippen LogP contribution in [0.2, 0.25) is 0 Å². The number of hydrogen-bond acceptors (Lipinski definition) is 4. The first-order valence-corrected chi connectivity index (χ1v) is 3.56. The summed E-state index contributed by atoms with van der Waals surface area (Å²) in [5, 5.41) is 17.5. The number of aliphatic hydroxyl groups excluding tert-OH is 2. The van der Waals surface area contributed by atoms with Crippen molar-refractivity contribution in [2.24, 2.45) is 0 Å². The number of hydrogen-bond donors (Lipinski definition) is 4. The van der Waals surface area contributed by atoms with Gasteiger partial charge in [-0.1, -0.05) is 0 Å². The maximum atomic E-state index is 8.75. The van der Waals surface area contributed by atoms with Crippen LogP contribution in [0.15, 0.2) is 0 Å². The van der Waals surface area contributed by atoms with Gasteiger partial charge >= 0.3 is 0 Å². The van der Waals surface area contributed by atoms with E-state index in [2.05, 4.69) is 25.3 Å². The molecule has 0 unspecified atom stereocenters. The molecule has 61 valence electrons. The first-order valence-electron chi connectivity index (χ1n) is 2.30. The molecule has 0 saturated heterocycles. The van der Waals surface area contributed by atoms with Gasteiger partial charge in [-0.05, 0) is 0 Å². The molecule has 0 fully saturated rings. The zero-order valence-corrected chi connectivity index (χ0v) is 7.93. The summed E-state index contributed by atoms with van der Waals surface area (Å²) in [4.78, 5) is 0. The van der Waals surface area contributed by atoms with Crippen molar-refractivity contribution in [2.45, 2.75) is 12.2 Å². The Labute approximate surface area is 81.4 Å². The smallest absolute Gasteiger partial charge is 0.0894 e. The molecule has 1 radical (unpaired) electrons. The fourth-order valence-electron chi connectivity index (χ4n) is 0.243. The van der Waals surface area contributed by atoms with Crippen molar-refractivity contribution in [3.63, 3.8) is 0 Å². The Morgan fingerprint density at radius 3 is 1.33 bits per heavy atom. The molecule has 0 aliphatic carbocycles. The largest absolute Gasteiger partial charge is 0.390 e. The summed E-state index contributed by atoms with van der Waals surface area (Å²) in [6.45, 7) is 0. The summed E-state index contributed by atoms with van der Waals surface area (Å²) in [5.41, 5.74) is 0. The number of thiol groups is 2. The van der Waals surface area contributed by atoms with E-state index in [4.69, 9.17) is 10.2 Å². The molecule has 0 aliphatic rings. The Balaban J connectivity index is 0. The van der Waals surface area contributed by atoms with Crippen molar-refractivity contribution < 1.29 is 32.6 Å². The van der Waals surface area contributed by atoms with Gasteiger partial charge in [0, 0.05) is 33.9 Å². The van der Waals surface area contributed by atoms with Crippen molar-refractivity contribution in [1.29, 1.82) is 0 Å². The van der Waals surface area contributed by atoms with Gasteiger partial charge < -0.3 is 10.2 Å². The van der Waals surface area contributed by atoms with E-state index in [9.17, 15) is 0 Å². The normalized spacial score (nSPS) is 16.0. The van der Waals surface area contributed by atoms with Crippen LogP contribution in [0.1, 0.15) is 0 Å². The van der Waals surface area contributed by atoms with E-state index < -0.39 is 12.2 Å². The standard InChI is InChI=1S/C4H10O2S2.Ag/c5-3(1-7)4(6)2-8;/h3-8H,1-2H2;/t3-,4-;/m1./s1. The van der Waals surface area contributed by atoms with Crippen LogP contribution < -0.4 is 0 Å². The summed E-state index contributed by atoms with van der Waals surface area (Å²) in [6.07, 6.45) is -1.48. The summed E-state index contributed by atoms with van der Waals surface area (Å²) in [5.74, 6) is 0.559. The quantitative estimate of drug-likeness (QED) is 0.411. The Kier molecular flexibility index (Phi) is 10.8. The van der Waals surface area contributed by atoms with Gasteiger partial charge in [-0.2, -0.15) is 25.3 Å². The van der Waals surface area contributed by atoms with Crippen molar-refractivity contribution in [3.05, 3.63) is 0 Å². The third-order valence-corrected chi connectivity index (χ3v) is 1.57. The second kappa shape index (κ2) is 7.47. The molecule has 0 aromatic rings. The minimum Gasteiger partial charge on any atom is -0.390 e. The maximum absolute atomic E-state index is 8.75. The molecule has 5 heteroatoms. The van der Waals surface area contributed by atoms with Gasteiger partial charge in [-0.25, -0.2) is 0 Å². The molecule has 2 atom stereocenters. The summed E-state index contributed by atoms with van der Waals surface area (Å²) in [7, 11) is 0. The molecule has 0 spiro atoms. The third-order valence-electron chi connectivity index (χ3n) is 0.818. The van der Waals surface area contributed by atoms with Gasteiger partial charge in [0.05, 0.1) is 12.2 Å². The molecule has 0 rings (SSSR count). The number of rotatable bonds is 3. The van der Waals surface area contributed by atoms with Gasteiger partial charge in [0.15, 0.2) is 0 Å². The molecule has 0 aliphatic heterocycles. The molecule has 0 bridgehead atoms. The fraction of sp³-hybridized carbons (Fsp3) is 1.00. The summed E-state index contributed by atoms with van der Waals surface area (Å²) < 4.78 is 0. The van der Waals surface area contributed by atoms with Gasteiger partial charge in [0.1, 0.15) is 0 Å².